The van der Waals surface area contributed by atoms with E-state index in [2.05, 4.69) is 0 Å². The van der Waals surface area contributed by atoms with E-state index in [0.717, 1.165) is 5.56 Å². The molecule has 2 nitrogen and oxygen atoms in total. The van der Waals surface area contributed by atoms with Crippen LogP contribution in [0.2, 0.25) is 0 Å². The van der Waals surface area contributed by atoms with Crippen molar-refractivity contribution in [2.75, 3.05) is 6.26 Å². The second-order valence-electron chi connectivity index (χ2n) is 3.49. The van der Waals surface area contributed by atoms with Crippen molar-refractivity contribution in [3.8, 4) is 0 Å². The van der Waals surface area contributed by atoms with E-state index in [9.17, 15) is 4.79 Å². The highest BCUT2D eigenvalue weighted by Gasteiger charge is 2.39. The Morgan fingerprint density at radius 3 is 2.47 bits per heavy atom. The van der Waals surface area contributed by atoms with Crippen molar-refractivity contribution in [3.05, 3.63) is 42.0 Å². The average molecular weight is 220 g/mol. The van der Waals surface area contributed by atoms with E-state index in [0.29, 0.717) is 5.76 Å². The van der Waals surface area contributed by atoms with Crippen molar-refractivity contribution < 1.29 is 9.53 Å². The third-order valence-electron chi connectivity index (χ3n) is 2.46. The predicted octanol–water partition coefficient (Wildman–Crippen LogP) is 2.71. The number of carbonyl (C=O) groups is 1. The summed E-state index contributed by atoms with van der Waals surface area (Å²) < 4.78 is 5.67. The first-order chi connectivity index (χ1) is 7.15. The van der Waals surface area contributed by atoms with E-state index < -0.39 is 4.93 Å². The Morgan fingerprint density at radius 2 is 1.93 bits per heavy atom. The van der Waals surface area contributed by atoms with Crippen LogP contribution in [0.15, 0.2) is 36.4 Å². The Labute approximate surface area is 93.3 Å². The number of hydrogen-bond acceptors (Lipinski definition) is 3. The zero-order chi connectivity index (χ0) is 10.9. The number of rotatable bonds is 2. The number of carbonyl (C=O) groups excluding carboxylic acids is 1. The molecule has 1 heterocycles. The molecule has 0 aliphatic carbocycles. The minimum Gasteiger partial charge on any atom is -0.468 e. The summed E-state index contributed by atoms with van der Waals surface area (Å²) in [6, 6.07) is 9.67. The molecule has 0 fully saturated rings. The van der Waals surface area contributed by atoms with Crippen LogP contribution in [-0.4, -0.2) is 17.0 Å². The van der Waals surface area contributed by atoms with Crippen molar-refractivity contribution >= 4 is 23.3 Å². The van der Waals surface area contributed by atoms with Gasteiger partial charge in [0.15, 0.2) is 0 Å². The van der Waals surface area contributed by atoms with Crippen molar-refractivity contribution in [3.63, 3.8) is 0 Å². The van der Waals surface area contributed by atoms with E-state index in [-0.39, 0.29) is 5.78 Å². The van der Waals surface area contributed by atoms with Crippen LogP contribution in [0.3, 0.4) is 0 Å². The summed E-state index contributed by atoms with van der Waals surface area (Å²) in [4.78, 5) is 10.9. The minimum absolute atomic E-state index is 0.0221. The second kappa shape index (κ2) is 3.74. The van der Waals surface area contributed by atoms with Gasteiger partial charge < -0.3 is 4.74 Å². The topological polar surface area (TPSA) is 26.3 Å². The smallest absolute Gasteiger partial charge is 0.213 e. The summed E-state index contributed by atoms with van der Waals surface area (Å²) in [6.45, 7) is 1.80. The summed E-state index contributed by atoms with van der Waals surface area (Å²) in [5, 5.41) is 0. The van der Waals surface area contributed by atoms with Gasteiger partial charge in [-0.2, -0.15) is 0 Å². The Kier molecular flexibility index (Phi) is 2.57. The van der Waals surface area contributed by atoms with Gasteiger partial charge in [0.1, 0.15) is 5.76 Å². The Bertz CT molecular complexity index is 411. The summed E-state index contributed by atoms with van der Waals surface area (Å²) >= 11 is 1.42. The van der Waals surface area contributed by atoms with E-state index in [4.69, 9.17) is 4.74 Å². The van der Waals surface area contributed by atoms with Gasteiger partial charge in [-0.3, -0.25) is 4.79 Å². The lowest BCUT2D eigenvalue weighted by atomic mass is 10.2. The molecule has 3 heteroatoms. The molecule has 0 bridgehead atoms. The third kappa shape index (κ3) is 1.79. The maximum atomic E-state index is 11.7. The first-order valence-electron chi connectivity index (χ1n) is 4.71. The molecule has 1 atom stereocenters. The molecule has 1 aliphatic rings. The largest absolute Gasteiger partial charge is 0.468 e. The van der Waals surface area contributed by atoms with Gasteiger partial charge >= 0.3 is 0 Å². The van der Waals surface area contributed by atoms with Gasteiger partial charge in [-0.15, -0.1) is 11.8 Å². The molecule has 0 saturated heterocycles. The standard InChI is InChI=1S/C12H12O2S/c1-12(15-2)11(13)8-10(14-12)9-6-4-3-5-7-9/h3-8H,1-2H3. The van der Waals surface area contributed by atoms with Gasteiger partial charge in [0.25, 0.3) is 0 Å². The van der Waals surface area contributed by atoms with Crippen LogP contribution in [0, 0.1) is 0 Å². The lowest BCUT2D eigenvalue weighted by Crippen LogP contribution is -2.27. The molecule has 78 valence electrons. The van der Waals surface area contributed by atoms with Crippen LogP contribution in [0.5, 0.6) is 0 Å². The maximum Gasteiger partial charge on any atom is 0.213 e. The lowest BCUT2D eigenvalue weighted by Gasteiger charge is -2.20. The predicted molar refractivity (Wildman–Crippen MR) is 62.4 cm³/mol. The SMILES string of the molecule is CSC1(C)OC(c2ccccc2)=CC1=O. The van der Waals surface area contributed by atoms with Gasteiger partial charge in [-0.1, -0.05) is 30.3 Å². The molecular weight excluding hydrogens is 208 g/mol. The molecule has 0 radical (unpaired) electrons. The highest BCUT2D eigenvalue weighted by molar-refractivity contribution is 8.00. The fourth-order valence-electron chi connectivity index (χ4n) is 1.43. The molecule has 0 spiro atoms. The zero-order valence-corrected chi connectivity index (χ0v) is 9.51. The minimum atomic E-state index is -0.745. The fraction of sp³-hybridized carbons (Fsp3) is 0.250. The molecule has 0 aromatic heterocycles. The van der Waals surface area contributed by atoms with Gasteiger partial charge in [0.05, 0.1) is 0 Å². The first kappa shape index (κ1) is 10.3. The van der Waals surface area contributed by atoms with E-state index in [1.807, 2.05) is 36.6 Å². The summed E-state index contributed by atoms with van der Waals surface area (Å²) in [5.41, 5.74) is 0.948. The quantitative estimate of drug-likeness (QED) is 0.766. The Hall–Kier alpha value is -1.22. The molecule has 1 aromatic carbocycles. The maximum absolute atomic E-state index is 11.7. The summed E-state index contributed by atoms with van der Waals surface area (Å²) in [6.07, 6.45) is 3.45. The lowest BCUT2D eigenvalue weighted by molar-refractivity contribution is -0.121. The molecule has 0 amide bonds. The molecule has 1 unspecified atom stereocenters. The first-order valence-corrected chi connectivity index (χ1v) is 5.94. The molecular formula is C12H12O2S. The molecule has 15 heavy (non-hydrogen) atoms. The molecule has 0 saturated carbocycles. The fourth-order valence-corrected chi connectivity index (χ4v) is 1.86. The average Bonchev–Trinajstić information content (AvgIpc) is 2.58. The van der Waals surface area contributed by atoms with Crippen molar-refractivity contribution in [2.45, 2.75) is 11.9 Å². The van der Waals surface area contributed by atoms with Crippen molar-refractivity contribution in [2.24, 2.45) is 0 Å². The van der Waals surface area contributed by atoms with E-state index in [1.54, 1.807) is 13.0 Å². The van der Waals surface area contributed by atoms with Gasteiger partial charge in [0.2, 0.25) is 10.7 Å². The van der Waals surface area contributed by atoms with Crippen LogP contribution in [0.4, 0.5) is 0 Å². The monoisotopic (exact) mass is 220 g/mol. The number of hydrogen-bond donors (Lipinski definition) is 0. The molecule has 2 rings (SSSR count). The normalized spacial score (nSPS) is 24.9. The highest BCUT2D eigenvalue weighted by atomic mass is 32.2. The van der Waals surface area contributed by atoms with Crippen LogP contribution in [0.1, 0.15) is 12.5 Å². The summed E-state index contributed by atoms with van der Waals surface area (Å²) in [5.74, 6) is 0.686. The van der Waals surface area contributed by atoms with Crippen LogP contribution in [-0.2, 0) is 9.53 Å². The summed E-state index contributed by atoms with van der Waals surface area (Å²) in [7, 11) is 0. The van der Waals surface area contributed by atoms with Gasteiger partial charge in [-0.25, -0.2) is 0 Å². The second-order valence-corrected chi connectivity index (χ2v) is 4.68. The number of ether oxygens (including phenoxy) is 1. The van der Waals surface area contributed by atoms with Crippen LogP contribution in [0.25, 0.3) is 5.76 Å². The van der Waals surface area contributed by atoms with Crippen molar-refractivity contribution in [1.82, 2.24) is 0 Å². The van der Waals surface area contributed by atoms with Crippen LogP contribution >= 0.6 is 11.8 Å². The Morgan fingerprint density at radius 1 is 1.27 bits per heavy atom. The molecule has 1 aliphatic heterocycles. The number of benzene rings is 1. The highest BCUT2D eigenvalue weighted by Crippen LogP contribution is 2.37. The molecule has 1 aromatic rings. The van der Waals surface area contributed by atoms with E-state index in [1.165, 1.54) is 11.8 Å². The van der Waals surface area contributed by atoms with Gasteiger partial charge in [-0.05, 0) is 13.2 Å². The van der Waals surface area contributed by atoms with Crippen LogP contribution < -0.4 is 0 Å². The van der Waals surface area contributed by atoms with E-state index >= 15 is 0 Å². The van der Waals surface area contributed by atoms with Crippen molar-refractivity contribution in [1.29, 1.82) is 0 Å². The van der Waals surface area contributed by atoms with Gasteiger partial charge in [0, 0.05) is 11.6 Å². The Balaban J connectivity index is 2.30. The molecule has 0 N–H and O–H groups in total. The number of thioether (sulfide) groups is 1. The zero-order valence-electron chi connectivity index (χ0n) is 8.69. The third-order valence-corrected chi connectivity index (χ3v) is 3.53. The number of ketones is 1.